The van der Waals surface area contributed by atoms with Crippen molar-refractivity contribution in [2.24, 2.45) is 0 Å². The Hall–Kier alpha value is -1.86. The van der Waals surface area contributed by atoms with E-state index in [0.29, 0.717) is 52.9 Å². The molecule has 0 amide bonds. The van der Waals surface area contributed by atoms with Gasteiger partial charge in [-0.1, -0.05) is 12.1 Å². The first-order chi connectivity index (χ1) is 11.9. The summed E-state index contributed by atoms with van der Waals surface area (Å²) >= 11 is 0. The van der Waals surface area contributed by atoms with Crippen LogP contribution in [0.4, 0.5) is 0 Å². The predicted octanol–water partition coefficient (Wildman–Crippen LogP) is 2.22. The molecule has 1 aliphatic heterocycles. The summed E-state index contributed by atoms with van der Waals surface area (Å²) in [6.45, 7) is 4.23. The highest BCUT2D eigenvalue weighted by molar-refractivity contribution is 5.62. The summed E-state index contributed by atoms with van der Waals surface area (Å²) in [6, 6.07) is 7.85. The molecule has 0 bridgehead atoms. The Labute approximate surface area is 141 Å². The lowest BCUT2D eigenvalue weighted by Gasteiger charge is -2.13. The van der Waals surface area contributed by atoms with Gasteiger partial charge in [-0.25, -0.2) is 0 Å². The largest absolute Gasteiger partial charge is 0.377 e. The van der Waals surface area contributed by atoms with Crippen LogP contribution < -0.4 is 0 Å². The molecule has 0 N–H and O–H groups in total. The van der Waals surface area contributed by atoms with E-state index in [9.17, 15) is 0 Å². The maximum Gasteiger partial charge on any atom is 0.0945 e. The van der Waals surface area contributed by atoms with Gasteiger partial charge in [-0.15, -0.1) is 0 Å². The van der Waals surface area contributed by atoms with Gasteiger partial charge in [-0.3, -0.25) is 9.97 Å². The van der Waals surface area contributed by atoms with Gasteiger partial charge in [-0.05, 0) is 12.1 Å². The third-order valence-electron chi connectivity index (χ3n) is 3.64. The van der Waals surface area contributed by atoms with Crippen molar-refractivity contribution in [1.29, 1.82) is 0 Å². The van der Waals surface area contributed by atoms with E-state index < -0.39 is 0 Å². The molecule has 6 heteroatoms. The SMILES string of the molecule is c1cnc2c(c1)COCCOCCOCCOCc1cccnc1-2. The summed E-state index contributed by atoms with van der Waals surface area (Å²) in [5, 5.41) is 0. The smallest absolute Gasteiger partial charge is 0.0945 e. The van der Waals surface area contributed by atoms with Gasteiger partial charge in [0.15, 0.2) is 0 Å². The molecule has 3 rings (SSSR count). The summed E-state index contributed by atoms with van der Waals surface area (Å²) in [5.41, 5.74) is 3.68. The number of fused-ring (bicyclic) bond motifs is 3. The van der Waals surface area contributed by atoms with Gasteiger partial charge in [-0.2, -0.15) is 0 Å². The second-order valence-corrected chi connectivity index (χ2v) is 5.35. The Balaban J connectivity index is 1.82. The van der Waals surface area contributed by atoms with E-state index in [1.165, 1.54) is 0 Å². The van der Waals surface area contributed by atoms with Gasteiger partial charge >= 0.3 is 0 Å². The Bertz CT molecular complexity index is 580. The van der Waals surface area contributed by atoms with Crippen molar-refractivity contribution in [3.05, 3.63) is 47.8 Å². The highest BCUT2D eigenvalue weighted by Gasteiger charge is 2.12. The van der Waals surface area contributed by atoms with Crippen LogP contribution in [0.1, 0.15) is 11.1 Å². The molecule has 0 spiro atoms. The van der Waals surface area contributed by atoms with Crippen molar-refractivity contribution < 1.29 is 18.9 Å². The van der Waals surface area contributed by atoms with Gasteiger partial charge in [0, 0.05) is 23.5 Å². The molecule has 0 saturated carbocycles. The minimum absolute atomic E-state index is 0.472. The average molecular weight is 330 g/mol. The fraction of sp³-hybridized carbons (Fsp3) is 0.444. The van der Waals surface area contributed by atoms with Crippen LogP contribution in [0.25, 0.3) is 11.4 Å². The maximum atomic E-state index is 5.71. The number of rotatable bonds is 0. The standard InChI is InChI=1S/C18H22N2O4/c1-3-15-13-23-11-9-21-7-8-22-10-12-24-14-16-4-2-6-20-18(16)17(15)19-5-1/h1-6H,7-14H2. The average Bonchev–Trinajstić information content (AvgIpc) is 2.62. The van der Waals surface area contributed by atoms with Crippen molar-refractivity contribution in [2.45, 2.75) is 13.2 Å². The Morgan fingerprint density at radius 3 is 1.46 bits per heavy atom. The number of hydrogen-bond acceptors (Lipinski definition) is 6. The molecular weight excluding hydrogens is 308 g/mol. The monoisotopic (exact) mass is 330 g/mol. The first kappa shape index (κ1) is 17.0. The van der Waals surface area contributed by atoms with E-state index in [1.807, 2.05) is 24.3 Å². The van der Waals surface area contributed by atoms with Crippen molar-refractivity contribution in [2.75, 3.05) is 39.6 Å². The first-order valence-electron chi connectivity index (χ1n) is 8.14. The number of pyridine rings is 2. The third-order valence-corrected chi connectivity index (χ3v) is 3.64. The molecule has 3 heterocycles. The number of ether oxygens (including phenoxy) is 4. The highest BCUT2D eigenvalue weighted by Crippen LogP contribution is 2.24. The van der Waals surface area contributed by atoms with Crippen LogP contribution in [-0.4, -0.2) is 49.6 Å². The second kappa shape index (κ2) is 9.44. The van der Waals surface area contributed by atoms with E-state index in [2.05, 4.69) is 9.97 Å². The van der Waals surface area contributed by atoms with E-state index in [1.54, 1.807) is 12.4 Å². The van der Waals surface area contributed by atoms with Crippen molar-refractivity contribution >= 4 is 0 Å². The van der Waals surface area contributed by atoms with Gasteiger partial charge in [0.25, 0.3) is 0 Å². The second-order valence-electron chi connectivity index (χ2n) is 5.35. The summed E-state index contributed by atoms with van der Waals surface area (Å²) in [4.78, 5) is 9.02. The minimum atomic E-state index is 0.472. The van der Waals surface area contributed by atoms with E-state index in [4.69, 9.17) is 18.9 Å². The van der Waals surface area contributed by atoms with Gasteiger partial charge in [0.1, 0.15) is 0 Å². The topological polar surface area (TPSA) is 62.7 Å². The molecule has 0 aliphatic carbocycles. The van der Waals surface area contributed by atoms with E-state index in [0.717, 1.165) is 22.5 Å². The van der Waals surface area contributed by atoms with Crippen LogP contribution >= 0.6 is 0 Å². The van der Waals surface area contributed by atoms with Crippen molar-refractivity contribution in [3.63, 3.8) is 0 Å². The third kappa shape index (κ3) is 4.82. The fourth-order valence-electron chi connectivity index (χ4n) is 2.46. The zero-order valence-electron chi connectivity index (χ0n) is 13.6. The minimum Gasteiger partial charge on any atom is -0.377 e. The maximum absolute atomic E-state index is 5.71. The predicted molar refractivity (Wildman–Crippen MR) is 88.4 cm³/mol. The van der Waals surface area contributed by atoms with Crippen LogP contribution in [0.3, 0.4) is 0 Å². The number of hydrogen-bond donors (Lipinski definition) is 0. The molecule has 24 heavy (non-hydrogen) atoms. The van der Waals surface area contributed by atoms with Crippen molar-refractivity contribution in [3.8, 4) is 11.4 Å². The molecule has 0 radical (unpaired) electrons. The van der Waals surface area contributed by atoms with E-state index in [-0.39, 0.29) is 0 Å². The molecule has 0 atom stereocenters. The molecular formula is C18H22N2O4. The normalized spacial score (nSPS) is 17.7. The zero-order chi connectivity index (χ0) is 16.5. The van der Waals surface area contributed by atoms with E-state index >= 15 is 0 Å². The van der Waals surface area contributed by atoms with Crippen LogP contribution in [0.2, 0.25) is 0 Å². The van der Waals surface area contributed by atoms with Crippen LogP contribution in [-0.2, 0) is 32.2 Å². The lowest BCUT2D eigenvalue weighted by molar-refractivity contribution is -0.00641. The number of aromatic nitrogens is 2. The zero-order valence-corrected chi connectivity index (χ0v) is 13.6. The molecule has 0 aromatic carbocycles. The molecule has 2 aromatic heterocycles. The van der Waals surface area contributed by atoms with Gasteiger partial charge in [0.2, 0.25) is 0 Å². The van der Waals surface area contributed by atoms with Crippen LogP contribution in [0.15, 0.2) is 36.7 Å². The lowest BCUT2D eigenvalue weighted by atomic mass is 10.1. The summed E-state index contributed by atoms with van der Waals surface area (Å²) in [6.07, 6.45) is 3.54. The Kier molecular flexibility index (Phi) is 6.68. The molecule has 2 aromatic rings. The number of nitrogens with zero attached hydrogens (tertiary/aromatic N) is 2. The molecule has 1 aliphatic rings. The van der Waals surface area contributed by atoms with Crippen molar-refractivity contribution in [1.82, 2.24) is 9.97 Å². The molecule has 0 fully saturated rings. The molecule has 0 unspecified atom stereocenters. The summed E-state index contributed by atoms with van der Waals surface area (Å²) in [7, 11) is 0. The summed E-state index contributed by atoms with van der Waals surface area (Å²) in [5.74, 6) is 0. The fourth-order valence-corrected chi connectivity index (χ4v) is 2.46. The van der Waals surface area contributed by atoms with Crippen LogP contribution in [0, 0.1) is 0 Å². The molecule has 6 nitrogen and oxygen atoms in total. The van der Waals surface area contributed by atoms with Gasteiger partial charge in [0.05, 0.1) is 64.2 Å². The quantitative estimate of drug-likeness (QED) is 0.738. The Morgan fingerprint density at radius 2 is 1.00 bits per heavy atom. The molecule has 128 valence electrons. The molecule has 0 saturated heterocycles. The van der Waals surface area contributed by atoms with Crippen LogP contribution in [0.5, 0.6) is 0 Å². The first-order valence-corrected chi connectivity index (χ1v) is 8.14. The highest BCUT2D eigenvalue weighted by atomic mass is 16.6. The summed E-state index contributed by atoms with van der Waals surface area (Å²) < 4.78 is 22.3. The Morgan fingerprint density at radius 1 is 0.583 bits per heavy atom. The lowest BCUT2D eigenvalue weighted by Crippen LogP contribution is -2.13. The van der Waals surface area contributed by atoms with Gasteiger partial charge < -0.3 is 18.9 Å².